The normalized spacial score (nSPS) is 13.0. The van der Waals surface area contributed by atoms with Crippen molar-refractivity contribution in [1.82, 2.24) is 5.32 Å². The number of benzene rings is 1. The Bertz CT molecular complexity index is 364. The zero-order valence-electron chi connectivity index (χ0n) is 11.5. The van der Waals surface area contributed by atoms with Crippen LogP contribution in [-0.4, -0.2) is 6.54 Å². The molecule has 1 rings (SSSR count). The molecule has 1 nitrogen and oxygen atoms in total. The molecule has 0 aromatic heterocycles. The van der Waals surface area contributed by atoms with Crippen LogP contribution >= 0.6 is 34.2 Å². The van der Waals surface area contributed by atoms with Crippen molar-refractivity contribution in [2.45, 2.75) is 46.1 Å². The molecule has 0 radical (unpaired) electrons. The minimum Gasteiger partial charge on any atom is -0.310 e. The van der Waals surface area contributed by atoms with Gasteiger partial charge in [-0.2, -0.15) is 0 Å². The summed E-state index contributed by atoms with van der Waals surface area (Å²) >= 11 is 8.50. The van der Waals surface area contributed by atoms with Gasteiger partial charge in [0, 0.05) is 9.61 Å². The first-order chi connectivity index (χ1) is 8.62. The number of hydrogen-bond donors (Lipinski definition) is 1. The van der Waals surface area contributed by atoms with Crippen LogP contribution < -0.4 is 5.32 Å². The van der Waals surface area contributed by atoms with Gasteiger partial charge in [-0.1, -0.05) is 51.3 Å². The summed E-state index contributed by atoms with van der Waals surface area (Å²) in [5, 5.41) is 4.45. The van der Waals surface area contributed by atoms with E-state index in [2.05, 4.69) is 66.9 Å². The first-order valence-electron chi connectivity index (χ1n) is 6.80. The van der Waals surface area contributed by atoms with E-state index in [9.17, 15) is 0 Å². The van der Waals surface area contributed by atoms with E-state index < -0.39 is 0 Å². The molecule has 0 saturated heterocycles. The van der Waals surface area contributed by atoms with E-state index >= 15 is 0 Å². The highest BCUT2D eigenvalue weighted by Gasteiger charge is 2.16. The van der Waals surface area contributed by atoms with Crippen LogP contribution in [0.4, 0.5) is 0 Å². The maximum Gasteiger partial charge on any atom is 0.0542 e. The van der Waals surface area contributed by atoms with Gasteiger partial charge in [-0.25, -0.2) is 0 Å². The summed E-state index contributed by atoms with van der Waals surface area (Å²) < 4.78 is 1.12. The molecule has 102 valence electrons. The molecular weight excluding hydrogens is 357 g/mol. The highest BCUT2D eigenvalue weighted by Crippen LogP contribution is 2.28. The Morgan fingerprint density at radius 2 is 1.89 bits per heavy atom. The number of halogens is 2. The van der Waals surface area contributed by atoms with E-state index in [4.69, 9.17) is 11.6 Å². The summed E-state index contributed by atoms with van der Waals surface area (Å²) in [6.45, 7) is 7.71. The number of nitrogens with one attached hydrogen (secondary N) is 1. The van der Waals surface area contributed by atoms with Crippen LogP contribution in [0, 0.1) is 9.49 Å². The fraction of sp³-hybridized carbons (Fsp3) is 0.600. The Balaban J connectivity index is 2.85. The van der Waals surface area contributed by atoms with E-state index in [1.165, 1.54) is 24.8 Å². The third-order valence-corrected chi connectivity index (χ3v) is 5.09. The maximum atomic E-state index is 6.23. The first kappa shape index (κ1) is 16.3. The fourth-order valence-corrected chi connectivity index (χ4v) is 2.79. The molecule has 18 heavy (non-hydrogen) atoms. The first-order valence-corrected chi connectivity index (χ1v) is 8.26. The molecule has 1 unspecified atom stereocenters. The molecule has 1 aromatic rings. The number of rotatable bonds is 7. The van der Waals surface area contributed by atoms with Crippen LogP contribution in [0.15, 0.2) is 18.2 Å². The van der Waals surface area contributed by atoms with Gasteiger partial charge < -0.3 is 5.32 Å². The molecule has 0 aliphatic rings. The van der Waals surface area contributed by atoms with Crippen molar-refractivity contribution in [2.24, 2.45) is 5.92 Å². The Morgan fingerprint density at radius 3 is 2.39 bits per heavy atom. The SMILES string of the molecule is CCNC(CC(CC)CC)c1ccc(I)c(Cl)c1. The molecule has 3 heteroatoms. The van der Waals surface area contributed by atoms with Gasteiger partial charge in [-0.05, 0) is 59.2 Å². The van der Waals surface area contributed by atoms with Gasteiger partial charge in [0.05, 0.1) is 5.02 Å². The molecule has 0 bridgehead atoms. The third-order valence-electron chi connectivity index (χ3n) is 3.52. The summed E-state index contributed by atoms with van der Waals surface area (Å²) in [6.07, 6.45) is 3.69. The van der Waals surface area contributed by atoms with Crippen molar-refractivity contribution in [1.29, 1.82) is 0 Å². The smallest absolute Gasteiger partial charge is 0.0542 e. The zero-order chi connectivity index (χ0) is 13.5. The predicted octanol–water partition coefficient (Wildman–Crippen LogP) is 5.42. The Kier molecular flexibility index (Phi) is 7.57. The molecule has 0 heterocycles. The zero-order valence-corrected chi connectivity index (χ0v) is 14.4. The van der Waals surface area contributed by atoms with Crippen molar-refractivity contribution >= 4 is 34.2 Å². The summed E-state index contributed by atoms with van der Waals surface area (Å²) in [7, 11) is 0. The largest absolute Gasteiger partial charge is 0.310 e. The van der Waals surface area contributed by atoms with E-state index in [0.717, 1.165) is 21.1 Å². The standard InChI is InChI=1S/C15H23ClIN/c1-4-11(5-2)9-15(18-6-3)12-7-8-14(17)13(16)10-12/h7-8,10-11,15,18H,4-6,9H2,1-3H3. The van der Waals surface area contributed by atoms with Crippen molar-refractivity contribution in [3.8, 4) is 0 Å². The minimum atomic E-state index is 0.425. The van der Waals surface area contributed by atoms with Gasteiger partial charge in [-0.15, -0.1) is 0 Å². The van der Waals surface area contributed by atoms with Gasteiger partial charge in [0.25, 0.3) is 0 Å². The van der Waals surface area contributed by atoms with Crippen LogP contribution in [0.2, 0.25) is 5.02 Å². The van der Waals surface area contributed by atoms with Crippen LogP contribution in [0.3, 0.4) is 0 Å². The van der Waals surface area contributed by atoms with Crippen molar-refractivity contribution in [3.63, 3.8) is 0 Å². The van der Waals surface area contributed by atoms with Crippen LogP contribution in [0.5, 0.6) is 0 Å². The van der Waals surface area contributed by atoms with Crippen molar-refractivity contribution in [3.05, 3.63) is 32.4 Å². The van der Waals surface area contributed by atoms with Gasteiger partial charge in [0.15, 0.2) is 0 Å². The van der Waals surface area contributed by atoms with Gasteiger partial charge in [0.2, 0.25) is 0 Å². The maximum absolute atomic E-state index is 6.23. The van der Waals surface area contributed by atoms with Crippen molar-refractivity contribution in [2.75, 3.05) is 6.54 Å². The summed E-state index contributed by atoms with van der Waals surface area (Å²) in [4.78, 5) is 0. The quantitative estimate of drug-likeness (QED) is 0.624. The lowest BCUT2D eigenvalue weighted by atomic mass is 9.91. The second kappa shape index (κ2) is 8.39. The van der Waals surface area contributed by atoms with E-state index in [-0.39, 0.29) is 0 Å². The highest BCUT2D eigenvalue weighted by atomic mass is 127. The van der Waals surface area contributed by atoms with Gasteiger partial charge in [-0.3, -0.25) is 0 Å². The molecule has 0 fully saturated rings. The fourth-order valence-electron chi connectivity index (χ4n) is 2.27. The molecule has 0 aliphatic heterocycles. The van der Waals surface area contributed by atoms with E-state index in [0.29, 0.717) is 6.04 Å². The molecule has 1 atom stereocenters. The average molecular weight is 380 g/mol. The second-order valence-corrected chi connectivity index (χ2v) is 6.27. The Morgan fingerprint density at radius 1 is 1.22 bits per heavy atom. The molecule has 0 amide bonds. The third kappa shape index (κ3) is 4.71. The second-order valence-electron chi connectivity index (χ2n) is 4.70. The van der Waals surface area contributed by atoms with E-state index in [1.54, 1.807) is 0 Å². The van der Waals surface area contributed by atoms with Crippen LogP contribution in [0.1, 0.15) is 51.6 Å². The number of hydrogen-bond acceptors (Lipinski definition) is 1. The lowest BCUT2D eigenvalue weighted by Crippen LogP contribution is -2.23. The highest BCUT2D eigenvalue weighted by molar-refractivity contribution is 14.1. The van der Waals surface area contributed by atoms with Crippen molar-refractivity contribution < 1.29 is 0 Å². The predicted molar refractivity (Wildman–Crippen MR) is 89.3 cm³/mol. The molecule has 1 N–H and O–H groups in total. The summed E-state index contributed by atoms with van der Waals surface area (Å²) in [5.74, 6) is 0.784. The Labute approximate surface area is 130 Å². The minimum absolute atomic E-state index is 0.425. The van der Waals surface area contributed by atoms with E-state index in [1.807, 2.05) is 0 Å². The van der Waals surface area contributed by atoms with Gasteiger partial charge in [0.1, 0.15) is 0 Å². The van der Waals surface area contributed by atoms with Crippen LogP contribution in [0.25, 0.3) is 0 Å². The summed E-state index contributed by atoms with van der Waals surface area (Å²) in [6, 6.07) is 6.84. The molecule has 0 spiro atoms. The monoisotopic (exact) mass is 379 g/mol. The Hall–Kier alpha value is 0.200. The topological polar surface area (TPSA) is 12.0 Å². The average Bonchev–Trinajstić information content (AvgIpc) is 2.38. The molecule has 1 aromatic carbocycles. The molecule has 0 aliphatic carbocycles. The van der Waals surface area contributed by atoms with Crippen LogP contribution in [-0.2, 0) is 0 Å². The van der Waals surface area contributed by atoms with Gasteiger partial charge >= 0.3 is 0 Å². The molecular formula is C15H23ClIN. The molecule has 0 saturated carbocycles. The lowest BCUT2D eigenvalue weighted by molar-refractivity contribution is 0.375. The summed E-state index contributed by atoms with van der Waals surface area (Å²) in [5.41, 5.74) is 1.31. The lowest BCUT2D eigenvalue weighted by Gasteiger charge is -2.23.